The van der Waals surface area contributed by atoms with E-state index in [0.29, 0.717) is 12.2 Å². The number of benzene rings is 1. The highest BCUT2D eigenvalue weighted by molar-refractivity contribution is 5.22. The van der Waals surface area contributed by atoms with Crippen molar-refractivity contribution in [3.05, 3.63) is 34.7 Å². The molecule has 0 amide bonds. The summed E-state index contributed by atoms with van der Waals surface area (Å²) in [6.45, 7) is 6.18. The predicted octanol–water partition coefficient (Wildman–Crippen LogP) is 5.85. The fraction of sp³-hybridized carbons (Fsp3) is 0.739. The maximum Gasteiger partial charge on any atom is 0.0838 e. The monoisotopic (exact) mass is 344 g/mol. The van der Waals surface area contributed by atoms with Crippen LogP contribution >= 0.6 is 0 Å². The zero-order valence-electron chi connectivity index (χ0n) is 16.2. The third kappa shape index (κ3) is 5.31. The lowest BCUT2D eigenvalue weighted by atomic mass is 9.77. The molecule has 3 aliphatic carbocycles. The summed E-state index contributed by atoms with van der Waals surface area (Å²) in [4.78, 5) is 0. The molecule has 0 aromatic carbocycles. The molecule has 0 aromatic rings. The Balaban J connectivity index is 0.000000250. The van der Waals surface area contributed by atoms with E-state index in [-0.39, 0.29) is 0 Å². The van der Waals surface area contributed by atoms with Crippen LogP contribution in [-0.2, 0) is 9.47 Å². The number of ether oxygens (including phenoxy) is 2. The van der Waals surface area contributed by atoms with Crippen LogP contribution in [0, 0.1) is 22.3 Å². The fourth-order valence-corrected chi connectivity index (χ4v) is 4.32. The van der Waals surface area contributed by atoms with Gasteiger partial charge in [0.1, 0.15) is 0 Å². The van der Waals surface area contributed by atoms with Crippen LogP contribution in [0.1, 0.15) is 71.6 Å². The van der Waals surface area contributed by atoms with Crippen LogP contribution in [0.3, 0.4) is 0 Å². The zero-order chi connectivity index (χ0) is 17.5. The first-order valence-electron chi connectivity index (χ1n) is 10.6. The second-order valence-corrected chi connectivity index (χ2v) is 8.12. The summed E-state index contributed by atoms with van der Waals surface area (Å²) in [5.41, 5.74) is 0. The van der Waals surface area contributed by atoms with Crippen molar-refractivity contribution in [3.8, 4) is 0 Å². The van der Waals surface area contributed by atoms with Crippen LogP contribution in [0.4, 0.5) is 0 Å². The number of hydrogen-bond acceptors (Lipinski definition) is 2. The fourth-order valence-electron chi connectivity index (χ4n) is 4.32. The highest BCUT2D eigenvalue weighted by atomic mass is 16.6. The molecule has 0 spiro atoms. The van der Waals surface area contributed by atoms with E-state index in [1.807, 2.05) is 0 Å². The molecular weight excluding hydrogens is 308 g/mol. The van der Waals surface area contributed by atoms with Crippen molar-refractivity contribution < 1.29 is 9.47 Å². The van der Waals surface area contributed by atoms with Crippen LogP contribution in [-0.4, -0.2) is 25.4 Å². The lowest BCUT2D eigenvalue weighted by Crippen LogP contribution is -2.41. The van der Waals surface area contributed by atoms with Gasteiger partial charge in [-0.2, -0.15) is 0 Å². The van der Waals surface area contributed by atoms with Gasteiger partial charge in [0.15, 0.2) is 0 Å². The number of rotatable bonds is 6. The molecule has 2 nitrogen and oxygen atoms in total. The summed E-state index contributed by atoms with van der Waals surface area (Å²) < 4.78 is 12.0. The van der Waals surface area contributed by atoms with E-state index in [1.54, 1.807) is 0 Å². The van der Waals surface area contributed by atoms with Crippen molar-refractivity contribution in [2.75, 3.05) is 13.2 Å². The Bertz CT molecular complexity index is 530. The maximum absolute atomic E-state index is 6.07. The Kier molecular flexibility index (Phi) is 7.36. The van der Waals surface area contributed by atoms with Crippen LogP contribution < -0.4 is 0 Å². The normalized spacial score (nSPS) is 30.3. The molecule has 1 heterocycles. The molecule has 4 aliphatic rings. The van der Waals surface area contributed by atoms with Crippen molar-refractivity contribution in [2.45, 2.75) is 83.8 Å². The Morgan fingerprint density at radius 1 is 0.800 bits per heavy atom. The molecule has 1 saturated carbocycles. The Labute approximate surface area is 153 Å². The Hall–Kier alpha value is -0.860. The van der Waals surface area contributed by atoms with Crippen molar-refractivity contribution in [2.24, 2.45) is 11.8 Å². The molecule has 0 N–H and O–H groups in total. The minimum Gasteiger partial charge on any atom is -0.373 e. The summed E-state index contributed by atoms with van der Waals surface area (Å²) in [6.07, 6.45) is 12.9. The quantitative estimate of drug-likeness (QED) is 0.654. The minimum atomic E-state index is 0.363. The van der Waals surface area contributed by atoms with Crippen LogP contribution in [0.15, 0.2) is 24.3 Å². The summed E-state index contributed by atoms with van der Waals surface area (Å²) in [7, 11) is 0. The van der Waals surface area contributed by atoms with E-state index in [9.17, 15) is 0 Å². The largest absolute Gasteiger partial charge is 0.373 e. The van der Waals surface area contributed by atoms with E-state index in [2.05, 4.69) is 38.1 Å². The molecular formula is C23H36O2. The van der Waals surface area contributed by atoms with Gasteiger partial charge in [0.05, 0.1) is 25.4 Å². The van der Waals surface area contributed by atoms with Crippen LogP contribution in [0.25, 0.3) is 0 Å². The average Bonchev–Trinajstić information content (AvgIpc) is 2.65. The van der Waals surface area contributed by atoms with Crippen molar-refractivity contribution in [3.63, 3.8) is 0 Å². The van der Waals surface area contributed by atoms with Gasteiger partial charge < -0.3 is 9.47 Å². The smallest absolute Gasteiger partial charge is 0.0838 e. The SMILES string of the molecule is CCCCC1CCC(C2COC(CCC)CO2)CC1.c1cc2ccc1=2. The van der Waals surface area contributed by atoms with Crippen LogP contribution in [0.5, 0.6) is 0 Å². The first-order chi connectivity index (χ1) is 12.3. The molecule has 4 rings (SSSR count). The van der Waals surface area contributed by atoms with E-state index >= 15 is 0 Å². The second-order valence-electron chi connectivity index (χ2n) is 8.12. The van der Waals surface area contributed by atoms with Gasteiger partial charge in [0, 0.05) is 0 Å². The summed E-state index contributed by atoms with van der Waals surface area (Å²) in [5.74, 6) is 1.76. The first kappa shape index (κ1) is 18.9. The molecule has 1 aliphatic heterocycles. The standard InChI is InChI=1S/C17H32O2.C6H4/c1-3-5-7-14-8-10-15(11-9-14)17-13-18-16(6-4-2)12-19-17;1-2-6-4-3-5(1)6/h14-17H,3-13H2,1-2H3;1-4H. The Morgan fingerprint density at radius 3 is 1.92 bits per heavy atom. The van der Waals surface area contributed by atoms with E-state index in [4.69, 9.17) is 9.47 Å². The van der Waals surface area contributed by atoms with Crippen molar-refractivity contribution >= 4 is 0 Å². The minimum absolute atomic E-state index is 0.363. The molecule has 1 saturated heterocycles. The van der Waals surface area contributed by atoms with Crippen molar-refractivity contribution in [1.82, 2.24) is 0 Å². The molecule has 2 fully saturated rings. The molecule has 140 valence electrons. The summed E-state index contributed by atoms with van der Waals surface area (Å²) >= 11 is 0. The number of hydrogen-bond donors (Lipinski definition) is 0. The lowest BCUT2D eigenvalue weighted by Gasteiger charge is -2.37. The topological polar surface area (TPSA) is 18.5 Å². The molecule has 0 radical (unpaired) electrons. The first-order valence-corrected chi connectivity index (χ1v) is 10.6. The van der Waals surface area contributed by atoms with Crippen molar-refractivity contribution in [1.29, 1.82) is 0 Å². The molecule has 0 aromatic heterocycles. The lowest BCUT2D eigenvalue weighted by molar-refractivity contribution is -0.156. The van der Waals surface area contributed by atoms with Gasteiger partial charge in [-0.25, -0.2) is 0 Å². The summed E-state index contributed by atoms with van der Waals surface area (Å²) in [6, 6.07) is 8.48. The van der Waals surface area contributed by atoms with Gasteiger partial charge in [0.25, 0.3) is 0 Å². The third-order valence-electron chi connectivity index (χ3n) is 6.20. The van der Waals surface area contributed by atoms with Gasteiger partial charge in [-0.15, -0.1) is 0 Å². The highest BCUT2D eigenvalue weighted by Gasteiger charge is 2.31. The second kappa shape index (κ2) is 9.73. The third-order valence-corrected chi connectivity index (χ3v) is 6.20. The summed E-state index contributed by atoms with van der Waals surface area (Å²) in [5, 5.41) is 2.85. The van der Waals surface area contributed by atoms with Crippen LogP contribution in [0.2, 0.25) is 0 Å². The number of unbranched alkanes of at least 4 members (excludes halogenated alkanes) is 1. The highest BCUT2D eigenvalue weighted by Crippen LogP contribution is 2.35. The molecule has 2 heteroatoms. The molecule has 0 bridgehead atoms. The average molecular weight is 345 g/mol. The van der Waals surface area contributed by atoms with Gasteiger partial charge in [-0.1, -0.05) is 76.6 Å². The van der Waals surface area contributed by atoms with Gasteiger partial charge in [-0.3, -0.25) is 0 Å². The predicted molar refractivity (Wildman–Crippen MR) is 103 cm³/mol. The van der Waals surface area contributed by atoms with Gasteiger partial charge >= 0.3 is 0 Å². The van der Waals surface area contributed by atoms with E-state index in [1.165, 1.54) is 61.8 Å². The molecule has 25 heavy (non-hydrogen) atoms. The maximum atomic E-state index is 6.07. The Morgan fingerprint density at radius 2 is 1.48 bits per heavy atom. The molecule has 2 atom stereocenters. The van der Waals surface area contributed by atoms with E-state index in [0.717, 1.165) is 31.5 Å². The van der Waals surface area contributed by atoms with E-state index < -0.39 is 0 Å². The molecule has 2 unspecified atom stereocenters. The van der Waals surface area contributed by atoms with Gasteiger partial charge in [-0.05, 0) is 41.5 Å². The zero-order valence-corrected chi connectivity index (χ0v) is 16.2. The van der Waals surface area contributed by atoms with Gasteiger partial charge in [0.2, 0.25) is 0 Å².